The van der Waals surface area contributed by atoms with E-state index in [0.717, 1.165) is 24.3 Å². The summed E-state index contributed by atoms with van der Waals surface area (Å²) in [6, 6.07) is 4.61. The number of fused-ring (bicyclic) bond motifs is 1. The van der Waals surface area contributed by atoms with Gasteiger partial charge in [0.2, 0.25) is 0 Å². The quantitative estimate of drug-likeness (QED) is 0.854. The van der Waals surface area contributed by atoms with Crippen molar-refractivity contribution in [3.8, 4) is 5.75 Å². The molecule has 1 aliphatic carbocycles. The Hall–Kier alpha value is -1.09. The van der Waals surface area contributed by atoms with Gasteiger partial charge in [-0.1, -0.05) is 18.9 Å². The third-order valence-electron chi connectivity index (χ3n) is 3.80. The first kappa shape index (κ1) is 11.0. The van der Waals surface area contributed by atoms with Gasteiger partial charge in [0.25, 0.3) is 0 Å². The molecule has 1 aliphatic heterocycles. The van der Waals surface area contributed by atoms with Crippen molar-refractivity contribution in [2.75, 3.05) is 0 Å². The fraction of sp³-hybridized carbons (Fsp3) is 0.571. The zero-order valence-electron chi connectivity index (χ0n) is 10.1. The lowest BCUT2D eigenvalue weighted by molar-refractivity contribution is 0.0398. The molecular formula is C14H18FNO. The lowest BCUT2D eigenvalue weighted by atomic mass is 9.85. The van der Waals surface area contributed by atoms with Crippen LogP contribution in [0.5, 0.6) is 5.75 Å². The van der Waals surface area contributed by atoms with Crippen molar-refractivity contribution in [2.45, 2.75) is 44.2 Å². The molecular weight excluding hydrogens is 217 g/mol. The van der Waals surface area contributed by atoms with E-state index in [1.807, 2.05) is 0 Å². The molecule has 0 spiro atoms. The standard InChI is InChI=1S/C14H18FNO/c1-14(7-9-2-3-9)8-12(16)11-5-4-10(15)6-13(11)17-14/h4-6,9,12H,2-3,7-8,16H2,1H3. The molecule has 1 saturated carbocycles. The Kier molecular flexibility index (Phi) is 2.40. The minimum atomic E-state index is -0.258. The molecule has 0 radical (unpaired) electrons. The zero-order valence-corrected chi connectivity index (χ0v) is 10.1. The SMILES string of the molecule is CC1(CC2CC2)CC(N)c2ccc(F)cc2O1. The molecule has 17 heavy (non-hydrogen) atoms. The van der Waals surface area contributed by atoms with Gasteiger partial charge in [0.1, 0.15) is 17.2 Å². The van der Waals surface area contributed by atoms with E-state index in [0.29, 0.717) is 5.75 Å². The maximum Gasteiger partial charge on any atom is 0.127 e. The Labute approximate surface area is 101 Å². The Morgan fingerprint density at radius 3 is 2.94 bits per heavy atom. The van der Waals surface area contributed by atoms with E-state index in [4.69, 9.17) is 10.5 Å². The van der Waals surface area contributed by atoms with E-state index >= 15 is 0 Å². The van der Waals surface area contributed by atoms with Gasteiger partial charge in [0.05, 0.1) is 0 Å². The molecule has 0 bridgehead atoms. The number of hydrogen-bond donors (Lipinski definition) is 1. The highest BCUT2D eigenvalue weighted by Crippen LogP contribution is 2.45. The number of hydrogen-bond acceptors (Lipinski definition) is 2. The van der Waals surface area contributed by atoms with Crippen LogP contribution in [0.15, 0.2) is 18.2 Å². The fourth-order valence-corrected chi connectivity index (χ4v) is 2.84. The molecule has 1 aromatic carbocycles. The number of rotatable bonds is 2. The van der Waals surface area contributed by atoms with Crippen LogP contribution in [0.25, 0.3) is 0 Å². The van der Waals surface area contributed by atoms with Crippen molar-refractivity contribution in [2.24, 2.45) is 11.7 Å². The van der Waals surface area contributed by atoms with E-state index < -0.39 is 0 Å². The molecule has 3 rings (SSSR count). The van der Waals surface area contributed by atoms with Crippen LogP contribution in [0.4, 0.5) is 4.39 Å². The summed E-state index contributed by atoms with van der Waals surface area (Å²) in [4.78, 5) is 0. The van der Waals surface area contributed by atoms with Crippen molar-refractivity contribution in [1.82, 2.24) is 0 Å². The van der Waals surface area contributed by atoms with Crippen LogP contribution in [0.1, 0.15) is 44.2 Å². The first-order chi connectivity index (χ1) is 8.06. The van der Waals surface area contributed by atoms with Gasteiger partial charge in [-0.2, -0.15) is 0 Å². The summed E-state index contributed by atoms with van der Waals surface area (Å²) < 4.78 is 19.2. The van der Waals surface area contributed by atoms with E-state index in [1.54, 1.807) is 6.07 Å². The molecule has 2 N–H and O–H groups in total. The Morgan fingerprint density at radius 2 is 2.24 bits per heavy atom. The van der Waals surface area contributed by atoms with Gasteiger partial charge >= 0.3 is 0 Å². The number of halogens is 1. The summed E-state index contributed by atoms with van der Waals surface area (Å²) in [5.41, 5.74) is 6.88. The summed E-state index contributed by atoms with van der Waals surface area (Å²) in [5, 5.41) is 0. The van der Waals surface area contributed by atoms with E-state index in [-0.39, 0.29) is 17.5 Å². The fourth-order valence-electron chi connectivity index (χ4n) is 2.84. The number of benzene rings is 1. The predicted octanol–water partition coefficient (Wildman–Crippen LogP) is 3.17. The highest BCUT2D eigenvalue weighted by molar-refractivity contribution is 5.39. The maximum absolute atomic E-state index is 13.2. The zero-order chi connectivity index (χ0) is 12.0. The second-order valence-electron chi connectivity index (χ2n) is 5.69. The van der Waals surface area contributed by atoms with Crippen LogP contribution in [-0.4, -0.2) is 5.60 Å². The summed E-state index contributed by atoms with van der Waals surface area (Å²) >= 11 is 0. The van der Waals surface area contributed by atoms with Crippen LogP contribution in [-0.2, 0) is 0 Å². The van der Waals surface area contributed by atoms with Crippen molar-refractivity contribution < 1.29 is 9.13 Å². The van der Waals surface area contributed by atoms with Gasteiger partial charge in [-0.05, 0) is 25.3 Å². The van der Waals surface area contributed by atoms with Crippen molar-refractivity contribution in [3.63, 3.8) is 0 Å². The maximum atomic E-state index is 13.2. The second-order valence-corrected chi connectivity index (χ2v) is 5.69. The van der Waals surface area contributed by atoms with Crippen LogP contribution in [0.3, 0.4) is 0 Å². The monoisotopic (exact) mass is 235 g/mol. The normalized spacial score (nSPS) is 31.8. The van der Waals surface area contributed by atoms with Gasteiger partial charge in [-0.25, -0.2) is 4.39 Å². The lowest BCUT2D eigenvalue weighted by Gasteiger charge is -2.39. The topological polar surface area (TPSA) is 35.2 Å². The molecule has 2 atom stereocenters. The molecule has 1 fully saturated rings. The van der Waals surface area contributed by atoms with Crippen LogP contribution in [0, 0.1) is 11.7 Å². The summed E-state index contributed by atoms with van der Waals surface area (Å²) in [6.45, 7) is 2.10. The Bertz CT molecular complexity index is 444. The van der Waals surface area contributed by atoms with Crippen LogP contribution >= 0.6 is 0 Å². The average Bonchev–Trinajstić information content (AvgIpc) is 2.99. The summed E-state index contributed by atoms with van der Waals surface area (Å²) in [5.74, 6) is 1.15. The van der Waals surface area contributed by atoms with Gasteiger partial charge in [0, 0.05) is 24.1 Å². The molecule has 1 aromatic rings. The van der Waals surface area contributed by atoms with E-state index in [2.05, 4.69) is 6.92 Å². The molecule has 2 aliphatic rings. The van der Waals surface area contributed by atoms with Crippen molar-refractivity contribution in [1.29, 1.82) is 0 Å². The molecule has 3 heteroatoms. The first-order valence-electron chi connectivity index (χ1n) is 6.30. The summed E-state index contributed by atoms with van der Waals surface area (Å²) in [6.07, 6.45) is 4.45. The second kappa shape index (κ2) is 3.70. The molecule has 2 unspecified atom stereocenters. The lowest BCUT2D eigenvalue weighted by Crippen LogP contribution is -2.40. The van der Waals surface area contributed by atoms with Crippen LogP contribution in [0.2, 0.25) is 0 Å². The van der Waals surface area contributed by atoms with Gasteiger partial charge < -0.3 is 10.5 Å². The highest BCUT2D eigenvalue weighted by atomic mass is 19.1. The van der Waals surface area contributed by atoms with Gasteiger partial charge in [-0.15, -0.1) is 0 Å². The van der Waals surface area contributed by atoms with Gasteiger partial charge in [-0.3, -0.25) is 0 Å². The van der Waals surface area contributed by atoms with Gasteiger partial charge in [0.15, 0.2) is 0 Å². The average molecular weight is 235 g/mol. The highest BCUT2D eigenvalue weighted by Gasteiger charge is 2.40. The smallest absolute Gasteiger partial charge is 0.127 e. The molecule has 0 aromatic heterocycles. The molecule has 0 saturated heterocycles. The third-order valence-corrected chi connectivity index (χ3v) is 3.80. The van der Waals surface area contributed by atoms with E-state index in [1.165, 1.54) is 25.0 Å². The minimum absolute atomic E-state index is 0.0388. The predicted molar refractivity (Wildman–Crippen MR) is 64.3 cm³/mol. The van der Waals surface area contributed by atoms with Crippen LogP contribution < -0.4 is 10.5 Å². The Balaban J connectivity index is 1.89. The molecule has 0 amide bonds. The van der Waals surface area contributed by atoms with E-state index in [9.17, 15) is 4.39 Å². The third kappa shape index (κ3) is 2.16. The summed E-state index contributed by atoms with van der Waals surface area (Å²) in [7, 11) is 0. The molecule has 92 valence electrons. The minimum Gasteiger partial charge on any atom is -0.487 e. The van der Waals surface area contributed by atoms with Crippen molar-refractivity contribution in [3.05, 3.63) is 29.6 Å². The number of ether oxygens (including phenoxy) is 1. The largest absolute Gasteiger partial charge is 0.487 e. The Morgan fingerprint density at radius 1 is 1.47 bits per heavy atom. The first-order valence-corrected chi connectivity index (χ1v) is 6.30. The molecule has 1 heterocycles. The number of nitrogens with two attached hydrogens (primary N) is 1. The molecule has 2 nitrogen and oxygen atoms in total. The van der Waals surface area contributed by atoms with Crippen molar-refractivity contribution >= 4 is 0 Å².